The molecule has 0 unspecified atom stereocenters. The quantitative estimate of drug-likeness (QED) is 0.626. The van der Waals surface area contributed by atoms with Crippen LogP contribution in [0.1, 0.15) is 18.5 Å². The van der Waals surface area contributed by atoms with Crippen molar-refractivity contribution in [2.75, 3.05) is 11.9 Å². The predicted octanol–water partition coefficient (Wildman–Crippen LogP) is 1.58. The molecule has 1 aromatic heterocycles. The lowest BCUT2D eigenvalue weighted by atomic mass is 10.2. The van der Waals surface area contributed by atoms with Crippen molar-refractivity contribution in [3.63, 3.8) is 0 Å². The fraction of sp³-hybridized carbons (Fsp3) is 0.571. The number of fused-ring (bicyclic) bond motifs is 1. The molecule has 0 bridgehead atoms. The van der Waals surface area contributed by atoms with Crippen molar-refractivity contribution in [2.45, 2.75) is 19.3 Å². The van der Waals surface area contributed by atoms with E-state index in [-0.39, 0.29) is 12.4 Å². The monoisotopic (exact) mass is 173 g/mol. The topological polar surface area (TPSA) is 40.7 Å². The van der Waals surface area contributed by atoms with E-state index in [0.717, 1.165) is 13.0 Å². The van der Waals surface area contributed by atoms with Crippen LogP contribution in [-0.4, -0.2) is 16.7 Å². The van der Waals surface area contributed by atoms with Gasteiger partial charge in [0, 0.05) is 6.54 Å². The fourth-order valence-corrected chi connectivity index (χ4v) is 1.31. The lowest BCUT2D eigenvalue weighted by molar-refractivity contribution is 0.765. The van der Waals surface area contributed by atoms with Gasteiger partial charge in [0.25, 0.3) is 0 Å². The fourth-order valence-electron chi connectivity index (χ4n) is 1.31. The molecule has 1 aliphatic heterocycles. The molecular formula is C7H12ClN3. The predicted molar refractivity (Wildman–Crippen MR) is 47.3 cm³/mol. The first-order valence-electron chi connectivity index (χ1n) is 3.73. The summed E-state index contributed by atoms with van der Waals surface area (Å²) in [4.78, 5) is 0. The van der Waals surface area contributed by atoms with Crippen LogP contribution in [0.2, 0.25) is 0 Å². The maximum atomic E-state index is 3.96. The second-order valence-corrected chi connectivity index (χ2v) is 2.65. The Morgan fingerprint density at radius 1 is 1.36 bits per heavy atom. The van der Waals surface area contributed by atoms with Crippen molar-refractivity contribution in [3.05, 3.63) is 11.9 Å². The molecule has 4 heteroatoms. The highest BCUT2D eigenvalue weighted by Gasteiger charge is 2.06. The van der Waals surface area contributed by atoms with Gasteiger partial charge < -0.3 is 5.32 Å². The minimum atomic E-state index is 0. The van der Waals surface area contributed by atoms with Gasteiger partial charge >= 0.3 is 0 Å². The van der Waals surface area contributed by atoms with Gasteiger partial charge in [0.1, 0.15) is 0 Å². The van der Waals surface area contributed by atoms with Crippen molar-refractivity contribution in [3.8, 4) is 0 Å². The standard InChI is InChI=1S/C7H11N3.ClH/c1-2-4-8-7-5-9-10-6(7)3-1;/h5,8H,1-4H2,(H,9,10);1H. The number of aromatic nitrogens is 2. The van der Waals surface area contributed by atoms with Crippen LogP contribution in [0.25, 0.3) is 0 Å². The molecule has 0 atom stereocenters. The summed E-state index contributed by atoms with van der Waals surface area (Å²) in [6.45, 7) is 1.09. The Bertz CT molecular complexity index is 201. The number of hydrogen-bond acceptors (Lipinski definition) is 2. The van der Waals surface area contributed by atoms with Crippen LogP contribution in [0.4, 0.5) is 5.69 Å². The third-order valence-corrected chi connectivity index (χ3v) is 1.89. The molecule has 0 fully saturated rings. The minimum Gasteiger partial charge on any atom is -0.382 e. The van der Waals surface area contributed by atoms with Crippen molar-refractivity contribution in [1.82, 2.24) is 10.2 Å². The van der Waals surface area contributed by atoms with Gasteiger partial charge in [0.2, 0.25) is 0 Å². The average Bonchev–Trinajstić information content (AvgIpc) is 2.28. The Labute approximate surface area is 72.0 Å². The molecule has 0 aromatic carbocycles. The highest BCUT2D eigenvalue weighted by Crippen LogP contribution is 2.17. The van der Waals surface area contributed by atoms with Gasteiger partial charge in [-0.05, 0) is 19.3 Å². The number of nitrogens with zero attached hydrogens (tertiary/aromatic N) is 1. The van der Waals surface area contributed by atoms with E-state index in [9.17, 15) is 0 Å². The molecule has 1 aliphatic rings. The summed E-state index contributed by atoms with van der Waals surface area (Å²) in [6, 6.07) is 0. The average molecular weight is 174 g/mol. The first kappa shape index (κ1) is 8.40. The SMILES string of the molecule is Cl.c1n[nH]c2c1NCCCC2. The molecule has 0 saturated heterocycles. The van der Waals surface area contributed by atoms with Crippen LogP contribution in [0, 0.1) is 0 Å². The first-order chi connectivity index (χ1) is 4.97. The smallest absolute Gasteiger partial charge is 0.0756 e. The maximum absolute atomic E-state index is 3.96. The van der Waals surface area contributed by atoms with E-state index in [1.54, 1.807) is 0 Å². The van der Waals surface area contributed by atoms with E-state index < -0.39 is 0 Å². The summed E-state index contributed by atoms with van der Waals surface area (Å²) in [5, 5.41) is 10.3. The van der Waals surface area contributed by atoms with Crippen molar-refractivity contribution >= 4 is 18.1 Å². The molecular weight excluding hydrogens is 162 g/mol. The highest BCUT2D eigenvalue weighted by atomic mass is 35.5. The Morgan fingerprint density at radius 2 is 2.27 bits per heavy atom. The Morgan fingerprint density at radius 3 is 3.18 bits per heavy atom. The van der Waals surface area contributed by atoms with E-state index in [1.807, 2.05) is 6.20 Å². The highest BCUT2D eigenvalue weighted by molar-refractivity contribution is 5.85. The number of anilines is 1. The largest absolute Gasteiger partial charge is 0.382 e. The molecule has 3 nitrogen and oxygen atoms in total. The first-order valence-corrected chi connectivity index (χ1v) is 3.73. The molecule has 2 rings (SSSR count). The second-order valence-electron chi connectivity index (χ2n) is 2.65. The van der Waals surface area contributed by atoms with E-state index in [0.29, 0.717) is 0 Å². The number of hydrogen-bond donors (Lipinski definition) is 2. The summed E-state index contributed by atoms with van der Waals surface area (Å²) in [7, 11) is 0. The van der Waals surface area contributed by atoms with Gasteiger partial charge in [-0.1, -0.05) is 0 Å². The number of H-pyrrole nitrogens is 1. The number of aryl methyl sites for hydroxylation is 1. The summed E-state index contributed by atoms with van der Waals surface area (Å²) in [5.74, 6) is 0. The van der Waals surface area contributed by atoms with Crippen molar-refractivity contribution < 1.29 is 0 Å². The zero-order chi connectivity index (χ0) is 6.81. The van der Waals surface area contributed by atoms with E-state index in [1.165, 1.54) is 24.2 Å². The van der Waals surface area contributed by atoms with Gasteiger partial charge in [0.15, 0.2) is 0 Å². The van der Waals surface area contributed by atoms with E-state index in [4.69, 9.17) is 0 Å². The minimum absolute atomic E-state index is 0. The molecule has 0 saturated carbocycles. The van der Waals surface area contributed by atoms with Crippen LogP contribution in [0.3, 0.4) is 0 Å². The zero-order valence-electron chi connectivity index (χ0n) is 6.26. The summed E-state index contributed by atoms with van der Waals surface area (Å²) >= 11 is 0. The Kier molecular flexibility index (Phi) is 2.76. The van der Waals surface area contributed by atoms with Crippen LogP contribution in [-0.2, 0) is 6.42 Å². The van der Waals surface area contributed by atoms with Crippen LogP contribution >= 0.6 is 12.4 Å². The van der Waals surface area contributed by atoms with Crippen LogP contribution in [0.15, 0.2) is 6.20 Å². The maximum Gasteiger partial charge on any atom is 0.0756 e. The Hall–Kier alpha value is -0.700. The molecule has 0 radical (unpaired) electrons. The van der Waals surface area contributed by atoms with Crippen molar-refractivity contribution in [1.29, 1.82) is 0 Å². The van der Waals surface area contributed by atoms with Gasteiger partial charge in [-0.2, -0.15) is 5.10 Å². The molecule has 0 amide bonds. The Balaban J connectivity index is 0.000000605. The van der Waals surface area contributed by atoms with Gasteiger partial charge in [-0.15, -0.1) is 12.4 Å². The lowest BCUT2D eigenvalue weighted by Crippen LogP contribution is -1.97. The molecule has 0 spiro atoms. The third kappa shape index (κ3) is 1.66. The second kappa shape index (κ2) is 3.62. The zero-order valence-corrected chi connectivity index (χ0v) is 7.08. The van der Waals surface area contributed by atoms with E-state index >= 15 is 0 Å². The van der Waals surface area contributed by atoms with Gasteiger partial charge in [-0.3, -0.25) is 5.10 Å². The van der Waals surface area contributed by atoms with Crippen molar-refractivity contribution in [2.24, 2.45) is 0 Å². The third-order valence-electron chi connectivity index (χ3n) is 1.89. The van der Waals surface area contributed by atoms with Crippen LogP contribution < -0.4 is 5.32 Å². The lowest BCUT2D eigenvalue weighted by Gasteiger charge is -1.96. The molecule has 0 aliphatic carbocycles. The van der Waals surface area contributed by atoms with Crippen LogP contribution in [0.5, 0.6) is 0 Å². The number of nitrogens with one attached hydrogen (secondary N) is 2. The van der Waals surface area contributed by atoms with Gasteiger partial charge in [-0.25, -0.2) is 0 Å². The normalized spacial score (nSPS) is 15.6. The number of rotatable bonds is 0. The summed E-state index contributed by atoms with van der Waals surface area (Å²) in [5.41, 5.74) is 2.45. The molecule has 62 valence electrons. The molecule has 1 aromatic rings. The number of halogens is 1. The number of aromatic amines is 1. The molecule has 11 heavy (non-hydrogen) atoms. The van der Waals surface area contributed by atoms with Gasteiger partial charge in [0.05, 0.1) is 17.6 Å². The van der Waals surface area contributed by atoms with E-state index in [2.05, 4.69) is 15.5 Å². The molecule has 2 heterocycles. The summed E-state index contributed by atoms with van der Waals surface area (Å²) < 4.78 is 0. The molecule has 2 N–H and O–H groups in total. The summed E-state index contributed by atoms with van der Waals surface area (Å²) in [6.07, 6.45) is 5.54.